The van der Waals surface area contributed by atoms with Crippen LogP contribution in [-0.2, 0) is 4.79 Å². The Labute approximate surface area is 162 Å². The fraction of sp³-hybridized carbons (Fsp3) is 0.136. The summed E-state index contributed by atoms with van der Waals surface area (Å²) in [7, 11) is 0. The Morgan fingerprint density at radius 2 is 1.44 bits per heavy atom. The van der Waals surface area contributed by atoms with E-state index in [0.717, 1.165) is 22.5 Å². The highest BCUT2D eigenvalue weighted by Gasteiger charge is 2.16. The van der Waals surface area contributed by atoms with E-state index in [-0.39, 0.29) is 5.91 Å². The zero-order chi connectivity index (χ0) is 18.0. The summed E-state index contributed by atoms with van der Waals surface area (Å²) >= 11 is 2.35. The van der Waals surface area contributed by atoms with Crippen molar-refractivity contribution in [1.29, 1.82) is 0 Å². The van der Waals surface area contributed by atoms with Crippen LogP contribution >= 0.6 is 22.6 Å². The van der Waals surface area contributed by atoms with Crippen LogP contribution in [0.5, 0.6) is 0 Å². The van der Waals surface area contributed by atoms with Gasteiger partial charge in [0.15, 0.2) is 0 Å². The van der Waals surface area contributed by atoms with Gasteiger partial charge in [-0.3, -0.25) is 9.69 Å². The second-order valence-corrected chi connectivity index (χ2v) is 7.32. The topological polar surface area (TPSA) is 20.3 Å². The molecule has 25 heavy (non-hydrogen) atoms. The van der Waals surface area contributed by atoms with Gasteiger partial charge in [-0.05, 0) is 89.0 Å². The second kappa shape index (κ2) is 7.40. The van der Waals surface area contributed by atoms with E-state index in [4.69, 9.17) is 0 Å². The number of aryl methyl sites for hydroxylation is 2. The molecule has 0 fully saturated rings. The predicted molar refractivity (Wildman–Crippen MR) is 113 cm³/mol. The third kappa shape index (κ3) is 3.76. The molecule has 1 amide bonds. The third-order valence-corrected chi connectivity index (χ3v) is 5.47. The summed E-state index contributed by atoms with van der Waals surface area (Å²) in [6.07, 6.45) is 0. The van der Waals surface area contributed by atoms with Crippen LogP contribution in [0.4, 0.5) is 11.4 Å². The number of amides is 1. The lowest BCUT2D eigenvalue weighted by Crippen LogP contribution is -2.23. The molecule has 0 aliphatic heterocycles. The van der Waals surface area contributed by atoms with E-state index in [1.54, 1.807) is 11.8 Å². The summed E-state index contributed by atoms with van der Waals surface area (Å²) < 4.78 is 1.27. The largest absolute Gasteiger partial charge is 0.281 e. The normalized spacial score (nSPS) is 10.6. The Kier molecular flexibility index (Phi) is 5.23. The first-order valence-corrected chi connectivity index (χ1v) is 9.28. The molecule has 0 N–H and O–H groups in total. The summed E-state index contributed by atoms with van der Waals surface area (Å²) in [4.78, 5) is 14.0. The molecule has 3 heteroatoms. The molecule has 3 aromatic rings. The van der Waals surface area contributed by atoms with Crippen LogP contribution in [0.25, 0.3) is 11.1 Å². The molecule has 126 valence electrons. The lowest BCUT2D eigenvalue weighted by atomic mass is 10.00. The summed E-state index contributed by atoms with van der Waals surface area (Å²) in [6.45, 7) is 5.78. The van der Waals surface area contributed by atoms with Crippen LogP contribution < -0.4 is 4.90 Å². The Balaban J connectivity index is 2.04. The lowest BCUT2D eigenvalue weighted by Gasteiger charge is -2.23. The number of anilines is 2. The quantitative estimate of drug-likeness (QED) is 0.440. The summed E-state index contributed by atoms with van der Waals surface area (Å²) in [5.74, 6) is 0.00663. The summed E-state index contributed by atoms with van der Waals surface area (Å²) in [6, 6.07) is 22.5. The summed E-state index contributed by atoms with van der Waals surface area (Å²) in [5.41, 5.74) is 6.52. The molecule has 0 bridgehead atoms. The second-order valence-electron chi connectivity index (χ2n) is 6.16. The summed E-state index contributed by atoms with van der Waals surface area (Å²) in [5, 5.41) is 0. The molecule has 0 saturated heterocycles. The maximum atomic E-state index is 12.3. The van der Waals surface area contributed by atoms with E-state index in [1.165, 1.54) is 14.7 Å². The number of carbonyl (C=O) groups excluding carboxylic acids is 1. The number of nitrogens with zero attached hydrogens (tertiary/aromatic N) is 1. The molecule has 3 aromatic carbocycles. The number of hydrogen-bond acceptors (Lipinski definition) is 1. The first kappa shape index (κ1) is 17.7. The highest BCUT2D eigenvalue weighted by molar-refractivity contribution is 14.1. The van der Waals surface area contributed by atoms with Crippen molar-refractivity contribution >= 4 is 39.9 Å². The maximum absolute atomic E-state index is 12.3. The Hall–Kier alpha value is -2.14. The average Bonchev–Trinajstić information content (AvgIpc) is 2.59. The molecule has 0 aliphatic carbocycles. The van der Waals surface area contributed by atoms with Gasteiger partial charge >= 0.3 is 0 Å². The van der Waals surface area contributed by atoms with Crippen LogP contribution in [0, 0.1) is 17.4 Å². The molecule has 0 atom stereocenters. The maximum Gasteiger partial charge on any atom is 0.228 e. The number of rotatable bonds is 3. The van der Waals surface area contributed by atoms with Crippen LogP contribution in [0.15, 0.2) is 66.7 Å². The van der Waals surface area contributed by atoms with Crippen molar-refractivity contribution in [2.45, 2.75) is 20.8 Å². The van der Waals surface area contributed by atoms with Gasteiger partial charge in [0, 0.05) is 16.2 Å². The van der Waals surface area contributed by atoms with Gasteiger partial charge in [0.2, 0.25) is 5.91 Å². The van der Waals surface area contributed by atoms with Crippen molar-refractivity contribution in [2.24, 2.45) is 0 Å². The number of carbonyl (C=O) groups is 1. The monoisotopic (exact) mass is 441 g/mol. The Bertz CT molecular complexity index is 919. The van der Waals surface area contributed by atoms with Crippen molar-refractivity contribution in [3.8, 4) is 11.1 Å². The zero-order valence-corrected chi connectivity index (χ0v) is 16.7. The first-order valence-electron chi connectivity index (χ1n) is 8.20. The molecule has 0 aliphatic rings. The van der Waals surface area contributed by atoms with Crippen molar-refractivity contribution in [3.05, 3.63) is 81.4 Å². The SMILES string of the molecule is CC(=O)N(c1ccccc1)c1ccc(-c2ccc(I)c(C)c2)cc1C. The number of para-hydroxylation sites is 1. The van der Waals surface area contributed by atoms with E-state index in [2.05, 4.69) is 66.8 Å². The molecule has 0 heterocycles. The molecule has 0 aromatic heterocycles. The highest BCUT2D eigenvalue weighted by atomic mass is 127. The van der Waals surface area contributed by atoms with Gasteiger partial charge in [0.05, 0.1) is 5.69 Å². The third-order valence-electron chi connectivity index (χ3n) is 4.26. The lowest BCUT2D eigenvalue weighted by molar-refractivity contribution is -0.115. The van der Waals surface area contributed by atoms with Crippen molar-refractivity contribution in [1.82, 2.24) is 0 Å². The number of benzene rings is 3. The van der Waals surface area contributed by atoms with Crippen molar-refractivity contribution in [2.75, 3.05) is 4.90 Å². The molecule has 0 radical (unpaired) electrons. The molecular formula is C22H20INO. The fourth-order valence-electron chi connectivity index (χ4n) is 2.98. The van der Waals surface area contributed by atoms with Gasteiger partial charge in [-0.1, -0.05) is 36.4 Å². The molecule has 0 saturated carbocycles. The van der Waals surface area contributed by atoms with Gasteiger partial charge in [-0.15, -0.1) is 0 Å². The Morgan fingerprint density at radius 3 is 2.00 bits per heavy atom. The average molecular weight is 441 g/mol. The van der Waals surface area contributed by atoms with E-state index in [1.807, 2.05) is 36.4 Å². The zero-order valence-electron chi connectivity index (χ0n) is 14.6. The van der Waals surface area contributed by atoms with Gasteiger partial charge in [0.1, 0.15) is 0 Å². The van der Waals surface area contributed by atoms with Gasteiger partial charge in [-0.25, -0.2) is 0 Å². The first-order chi connectivity index (χ1) is 12.0. The highest BCUT2D eigenvalue weighted by Crippen LogP contribution is 2.32. The van der Waals surface area contributed by atoms with Gasteiger partial charge in [-0.2, -0.15) is 0 Å². The number of halogens is 1. The van der Waals surface area contributed by atoms with Crippen molar-refractivity contribution in [3.63, 3.8) is 0 Å². The fourth-order valence-corrected chi connectivity index (χ4v) is 3.31. The van der Waals surface area contributed by atoms with E-state index in [9.17, 15) is 4.79 Å². The van der Waals surface area contributed by atoms with E-state index >= 15 is 0 Å². The minimum Gasteiger partial charge on any atom is -0.281 e. The van der Waals surface area contributed by atoms with Gasteiger partial charge < -0.3 is 0 Å². The number of hydrogen-bond donors (Lipinski definition) is 0. The van der Waals surface area contributed by atoms with E-state index in [0.29, 0.717) is 0 Å². The van der Waals surface area contributed by atoms with Crippen LogP contribution in [0.2, 0.25) is 0 Å². The minimum atomic E-state index is 0.00663. The minimum absolute atomic E-state index is 0.00663. The molecule has 2 nitrogen and oxygen atoms in total. The predicted octanol–water partition coefficient (Wildman–Crippen LogP) is 6.26. The van der Waals surface area contributed by atoms with E-state index < -0.39 is 0 Å². The van der Waals surface area contributed by atoms with Gasteiger partial charge in [0.25, 0.3) is 0 Å². The Morgan fingerprint density at radius 1 is 0.840 bits per heavy atom. The van der Waals surface area contributed by atoms with Crippen LogP contribution in [0.1, 0.15) is 18.1 Å². The smallest absolute Gasteiger partial charge is 0.228 e. The molecule has 0 unspecified atom stereocenters. The van der Waals surface area contributed by atoms with Crippen LogP contribution in [0.3, 0.4) is 0 Å². The standard InChI is InChI=1S/C22H20INO/c1-15-13-18(9-11-21(15)23)19-10-12-22(16(2)14-19)24(17(3)25)20-7-5-4-6-8-20/h4-14H,1-3H3. The molecular weight excluding hydrogens is 421 g/mol. The molecule has 3 rings (SSSR count). The molecule has 0 spiro atoms. The van der Waals surface area contributed by atoms with Crippen molar-refractivity contribution < 1.29 is 4.79 Å². The van der Waals surface area contributed by atoms with Crippen LogP contribution in [-0.4, -0.2) is 5.91 Å².